The number of hydrogen-bond acceptors (Lipinski definition) is 8. The molecule has 1 N–H and O–H groups in total. The van der Waals surface area contributed by atoms with E-state index in [0.717, 1.165) is 38.1 Å². The van der Waals surface area contributed by atoms with Crippen LogP contribution in [-0.2, 0) is 28.6 Å². The number of ether oxygens (including phenoxy) is 3. The van der Waals surface area contributed by atoms with Crippen LogP contribution in [0, 0.1) is 5.41 Å². The Bertz CT molecular complexity index is 510. The Morgan fingerprint density at radius 3 is 2.31 bits per heavy atom. The van der Waals surface area contributed by atoms with Gasteiger partial charge in [0.2, 0.25) is 0 Å². The summed E-state index contributed by atoms with van der Waals surface area (Å²) in [4.78, 5) is 36.7. The van der Waals surface area contributed by atoms with Crippen molar-refractivity contribution in [3.8, 4) is 0 Å². The van der Waals surface area contributed by atoms with Crippen LogP contribution in [0.4, 0.5) is 0 Å². The van der Waals surface area contributed by atoms with E-state index in [1.165, 1.54) is 13.5 Å². The van der Waals surface area contributed by atoms with Gasteiger partial charge in [0.1, 0.15) is 6.61 Å². The summed E-state index contributed by atoms with van der Waals surface area (Å²) in [5.41, 5.74) is -1.03. The topological polar surface area (TPSA) is 102 Å². The Kier molecular flexibility index (Phi) is 9.29. The maximum Gasteiger partial charge on any atom is 0.335 e. The second-order valence-electron chi connectivity index (χ2n) is 6.93. The van der Waals surface area contributed by atoms with Gasteiger partial charge in [-0.15, -0.1) is 0 Å². The van der Waals surface area contributed by atoms with E-state index in [0.29, 0.717) is 6.54 Å². The molecule has 0 aromatic carbocycles. The summed E-state index contributed by atoms with van der Waals surface area (Å²) in [5, 5.41) is 10.2. The van der Waals surface area contributed by atoms with Crippen molar-refractivity contribution in [1.29, 1.82) is 0 Å². The monoisotopic (exact) mass is 371 g/mol. The molecule has 8 heteroatoms. The van der Waals surface area contributed by atoms with Crippen molar-refractivity contribution in [2.45, 2.75) is 39.2 Å². The number of hydrogen-bond donors (Lipinski definition) is 1. The van der Waals surface area contributed by atoms with Crippen LogP contribution in [0.15, 0.2) is 12.2 Å². The minimum absolute atomic E-state index is 0.209. The fourth-order valence-corrected chi connectivity index (χ4v) is 2.44. The van der Waals surface area contributed by atoms with Crippen LogP contribution in [-0.4, -0.2) is 74.0 Å². The summed E-state index contributed by atoms with van der Waals surface area (Å²) in [6, 6.07) is 0. The Labute approximate surface area is 154 Å². The van der Waals surface area contributed by atoms with Gasteiger partial charge in [0.05, 0.1) is 13.7 Å². The zero-order valence-electron chi connectivity index (χ0n) is 15.7. The van der Waals surface area contributed by atoms with Gasteiger partial charge in [-0.25, -0.2) is 14.4 Å². The maximum atomic E-state index is 12.0. The Hall–Kier alpha value is -1.93. The lowest BCUT2D eigenvalue weighted by Gasteiger charge is -2.29. The molecule has 1 heterocycles. The molecule has 0 saturated carbocycles. The van der Waals surface area contributed by atoms with E-state index in [-0.39, 0.29) is 13.2 Å². The average molecular weight is 371 g/mol. The first-order valence-corrected chi connectivity index (χ1v) is 8.76. The zero-order chi connectivity index (χ0) is 19.6. The molecule has 1 rings (SSSR count). The lowest BCUT2D eigenvalue weighted by Crippen LogP contribution is -2.42. The third kappa shape index (κ3) is 7.97. The van der Waals surface area contributed by atoms with E-state index in [4.69, 9.17) is 9.47 Å². The summed E-state index contributed by atoms with van der Waals surface area (Å²) >= 11 is 0. The number of piperidine rings is 1. The van der Waals surface area contributed by atoms with Gasteiger partial charge in [-0.1, -0.05) is 20.3 Å². The first-order chi connectivity index (χ1) is 12.3. The van der Waals surface area contributed by atoms with Crippen molar-refractivity contribution < 1.29 is 33.7 Å². The standard InChI is InChI=1S/C18H29NO7/c1-18(2,13-26-15(21)8-7-14(20)24-3)16(22)17(23)25-12-11-19-9-5-4-6-10-19/h7-8,16,22H,4-6,9-13H2,1-3H3. The molecule has 1 aliphatic heterocycles. The highest BCUT2D eigenvalue weighted by Gasteiger charge is 2.36. The molecule has 0 radical (unpaired) electrons. The predicted octanol–water partition coefficient (Wildman–Crippen LogP) is 0.675. The molecule has 0 aromatic heterocycles. The molecule has 0 spiro atoms. The van der Waals surface area contributed by atoms with E-state index >= 15 is 0 Å². The highest BCUT2D eigenvalue weighted by molar-refractivity contribution is 5.91. The highest BCUT2D eigenvalue weighted by atomic mass is 16.6. The van der Waals surface area contributed by atoms with E-state index in [9.17, 15) is 19.5 Å². The first-order valence-electron chi connectivity index (χ1n) is 8.76. The molecule has 0 bridgehead atoms. The van der Waals surface area contributed by atoms with Gasteiger partial charge >= 0.3 is 17.9 Å². The molecule has 1 aliphatic rings. The summed E-state index contributed by atoms with van der Waals surface area (Å²) in [7, 11) is 1.19. The van der Waals surface area contributed by atoms with Crippen molar-refractivity contribution >= 4 is 17.9 Å². The maximum absolute atomic E-state index is 12.0. The van der Waals surface area contributed by atoms with Crippen molar-refractivity contribution in [1.82, 2.24) is 4.90 Å². The SMILES string of the molecule is COC(=O)C=CC(=O)OCC(C)(C)C(O)C(=O)OCCN1CCCCC1. The number of methoxy groups -OCH3 is 1. The summed E-state index contributed by atoms with van der Waals surface area (Å²) < 4.78 is 14.5. The Morgan fingerprint density at radius 2 is 1.69 bits per heavy atom. The zero-order valence-corrected chi connectivity index (χ0v) is 15.7. The largest absolute Gasteiger partial charge is 0.466 e. The molecule has 0 aliphatic carbocycles. The Balaban J connectivity index is 2.36. The van der Waals surface area contributed by atoms with Gasteiger partial charge < -0.3 is 19.3 Å². The van der Waals surface area contributed by atoms with Gasteiger partial charge in [0, 0.05) is 24.1 Å². The lowest BCUT2D eigenvalue weighted by molar-refractivity contribution is -0.165. The number of aliphatic hydroxyl groups is 1. The molecule has 8 nitrogen and oxygen atoms in total. The van der Waals surface area contributed by atoms with Crippen LogP contribution in [0.1, 0.15) is 33.1 Å². The highest BCUT2D eigenvalue weighted by Crippen LogP contribution is 2.22. The second kappa shape index (κ2) is 10.9. The van der Waals surface area contributed by atoms with E-state index < -0.39 is 29.4 Å². The fourth-order valence-electron chi connectivity index (χ4n) is 2.44. The van der Waals surface area contributed by atoms with Gasteiger partial charge in [-0.2, -0.15) is 0 Å². The van der Waals surface area contributed by atoms with Crippen molar-refractivity contribution in [2.75, 3.05) is 40.0 Å². The predicted molar refractivity (Wildman–Crippen MR) is 93.2 cm³/mol. The molecule has 148 valence electrons. The summed E-state index contributed by atoms with van der Waals surface area (Å²) in [6.45, 7) is 5.82. The number of carbonyl (C=O) groups excluding carboxylic acids is 3. The van der Waals surface area contributed by atoms with Crippen molar-refractivity contribution in [3.63, 3.8) is 0 Å². The number of likely N-dealkylation sites (tertiary alicyclic amines) is 1. The van der Waals surface area contributed by atoms with Gasteiger partial charge in [0.25, 0.3) is 0 Å². The number of carbonyl (C=O) groups is 3. The van der Waals surface area contributed by atoms with Crippen LogP contribution < -0.4 is 0 Å². The molecule has 26 heavy (non-hydrogen) atoms. The van der Waals surface area contributed by atoms with Gasteiger partial charge in [-0.05, 0) is 25.9 Å². The first kappa shape index (κ1) is 22.1. The normalized spacial score (nSPS) is 16.9. The van der Waals surface area contributed by atoms with E-state index in [1.807, 2.05) is 0 Å². The third-order valence-corrected chi connectivity index (χ3v) is 4.21. The minimum atomic E-state index is -1.43. The second-order valence-corrected chi connectivity index (χ2v) is 6.93. The molecular formula is C18H29NO7. The van der Waals surface area contributed by atoms with Gasteiger partial charge in [-0.3, -0.25) is 4.90 Å². The number of rotatable bonds is 9. The van der Waals surface area contributed by atoms with E-state index in [2.05, 4.69) is 9.64 Å². The van der Waals surface area contributed by atoms with Crippen LogP contribution in [0.5, 0.6) is 0 Å². The van der Waals surface area contributed by atoms with Crippen molar-refractivity contribution in [3.05, 3.63) is 12.2 Å². The number of nitrogens with zero attached hydrogens (tertiary/aromatic N) is 1. The lowest BCUT2D eigenvalue weighted by atomic mass is 9.87. The number of esters is 3. The quantitative estimate of drug-likeness (QED) is 0.358. The summed E-state index contributed by atoms with van der Waals surface area (Å²) in [6.07, 6.45) is 3.96. The molecule has 1 unspecified atom stereocenters. The van der Waals surface area contributed by atoms with Crippen LogP contribution in [0.25, 0.3) is 0 Å². The van der Waals surface area contributed by atoms with Gasteiger partial charge in [0.15, 0.2) is 6.10 Å². The molecule has 1 atom stereocenters. The van der Waals surface area contributed by atoms with E-state index in [1.54, 1.807) is 13.8 Å². The summed E-state index contributed by atoms with van der Waals surface area (Å²) in [5.74, 6) is -2.19. The Morgan fingerprint density at radius 1 is 1.08 bits per heavy atom. The molecule has 1 fully saturated rings. The fraction of sp³-hybridized carbons (Fsp3) is 0.722. The van der Waals surface area contributed by atoms with Crippen LogP contribution >= 0.6 is 0 Å². The van der Waals surface area contributed by atoms with Crippen LogP contribution in [0.3, 0.4) is 0 Å². The molecular weight excluding hydrogens is 342 g/mol. The average Bonchev–Trinajstić information content (AvgIpc) is 2.64. The van der Waals surface area contributed by atoms with Crippen molar-refractivity contribution in [2.24, 2.45) is 5.41 Å². The third-order valence-electron chi connectivity index (χ3n) is 4.21. The molecule has 0 aromatic rings. The number of aliphatic hydroxyl groups excluding tert-OH is 1. The molecule has 0 amide bonds. The molecule has 1 saturated heterocycles. The van der Waals surface area contributed by atoms with Crippen LogP contribution in [0.2, 0.25) is 0 Å². The smallest absolute Gasteiger partial charge is 0.335 e. The minimum Gasteiger partial charge on any atom is -0.466 e.